The third kappa shape index (κ3) is 3.53. The molecule has 1 aromatic heterocycles. The first-order valence-corrected chi connectivity index (χ1v) is 7.28. The molecule has 1 aliphatic heterocycles. The molecule has 0 bridgehead atoms. The van der Waals surface area contributed by atoms with Crippen molar-refractivity contribution in [2.45, 2.75) is 33.1 Å². The molecule has 5 heteroatoms. The van der Waals surface area contributed by atoms with Gasteiger partial charge in [-0.25, -0.2) is 4.98 Å². The van der Waals surface area contributed by atoms with Crippen LogP contribution in [0.25, 0.3) is 0 Å². The van der Waals surface area contributed by atoms with Crippen LogP contribution < -0.4 is 5.32 Å². The number of nitrogens with one attached hydrogen (secondary N) is 1. The molecule has 0 atom stereocenters. The van der Waals surface area contributed by atoms with Crippen LogP contribution in [-0.4, -0.2) is 35.9 Å². The van der Waals surface area contributed by atoms with Gasteiger partial charge in [-0.3, -0.25) is 4.79 Å². The molecule has 0 radical (unpaired) electrons. The second kappa shape index (κ2) is 5.80. The minimum atomic E-state index is 0.110. The quantitative estimate of drug-likeness (QED) is 0.915. The summed E-state index contributed by atoms with van der Waals surface area (Å²) in [5.74, 6) is 0.640. The molecule has 100 valence electrons. The molecule has 1 aliphatic rings. The Hall–Kier alpha value is -0.940. The van der Waals surface area contributed by atoms with Crippen molar-refractivity contribution in [2.24, 2.45) is 5.92 Å². The lowest BCUT2D eigenvalue weighted by Gasteiger charge is -2.28. The highest BCUT2D eigenvalue weighted by atomic mass is 32.1. The average molecular weight is 267 g/mol. The van der Waals surface area contributed by atoms with Gasteiger partial charge in [0.15, 0.2) is 5.13 Å². The van der Waals surface area contributed by atoms with Gasteiger partial charge in [0.2, 0.25) is 5.91 Å². The SMILES string of the molecule is Cc1nc(NC(=O)CC2CCN(C)CC2)sc1C. The molecule has 0 saturated carbocycles. The van der Waals surface area contributed by atoms with Gasteiger partial charge < -0.3 is 10.2 Å². The van der Waals surface area contributed by atoms with E-state index in [4.69, 9.17) is 0 Å². The first-order chi connectivity index (χ1) is 8.54. The number of aromatic nitrogens is 1. The monoisotopic (exact) mass is 267 g/mol. The first kappa shape index (κ1) is 13.5. The van der Waals surface area contributed by atoms with E-state index in [2.05, 4.69) is 22.2 Å². The second-order valence-corrected chi connectivity index (χ2v) is 6.36. The van der Waals surface area contributed by atoms with Gasteiger partial charge in [0, 0.05) is 11.3 Å². The molecule has 1 saturated heterocycles. The maximum atomic E-state index is 11.9. The van der Waals surface area contributed by atoms with Gasteiger partial charge in [-0.05, 0) is 52.7 Å². The summed E-state index contributed by atoms with van der Waals surface area (Å²) in [7, 11) is 2.14. The number of thiazole rings is 1. The summed E-state index contributed by atoms with van der Waals surface area (Å²) in [6, 6.07) is 0. The molecule has 1 N–H and O–H groups in total. The molecule has 1 fully saturated rings. The number of aryl methyl sites for hydroxylation is 2. The van der Waals surface area contributed by atoms with Gasteiger partial charge >= 0.3 is 0 Å². The molecule has 18 heavy (non-hydrogen) atoms. The highest BCUT2D eigenvalue weighted by Crippen LogP contribution is 2.23. The number of rotatable bonds is 3. The number of likely N-dealkylation sites (tertiary alicyclic amines) is 1. The Morgan fingerprint density at radius 3 is 2.67 bits per heavy atom. The molecular weight excluding hydrogens is 246 g/mol. The predicted molar refractivity (Wildman–Crippen MR) is 75.1 cm³/mol. The summed E-state index contributed by atoms with van der Waals surface area (Å²) in [4.78, 5) is 19.8. The number of nitrogens with zero attached hydrogens (tertiary/aromatic N) is 2. The van der Waals surface area contributed by atoms with Crippen molar-refractivity contribution in [3.8, 4) is 0 Å². The Labute approximate surface area is 112 Å². The fourth-order valence-electron chi connectivity index (χ4n) is 2.22. The fraction of sp³-hybridized carbons (Fsp3) is 0.692. The molecule has 0 spiro atoms. The van der Waals surface area contributed by atoms with Crippen molar-refractivity contribution in [1.82, 2.24) is 9.88 Å². The number of hydrogen-bond donors (Lipinski definition) is 1. The molecule has 1 aromatic rings. The molecule has 0 unspecified atom stereocenters. The van der Waals surface area contributed by atoms with Crippen LogP contribution in [0.3, 0.4) is 0 Å². The van der Waals surface area contributed by atoms with Gasteiger partial charge in [0.25, 0.3) is 0 Å². The predicted octanol–water partition coefficient (Wildman–Crippen LogP) is 2.43. The van der Waals surface area contributed by atoms with E-state index < -0.39 is 0 Å². The van der Waals surface area contributed by atoms with Gasteiger partial charge in [-0.2, -0.15) is 0 Å². The minimum Gasteiger partial charge on any atom is -0.306 e. The molecule has 1 amide bonds. The van der Waals surface area contributed by atoms with E-state index in [1.807, 2.05) is 13.8 Å². The highest BCUT2D eigenvalue weighted by molar-refractivity contribution is 7.15. The summed E-state index contributed by atoms with van der Waals surface area (Å²) in [6.45, 7) is 6.21. The number of anilines is 1. The van der Waals surface area contributed by atoms with Gasteiger partial charge in [-0.1, -0.05) is 0 Å². The topological polar surface area (TPSA) is 45.2 Å². The lowest BCUT2D eigenvalue weighted by molar-refractivity contribution is -0.117. The number of carbonyl (C=O) groups is 1. The van der Waals surface area contributed by atoms with Crippen LogP contribution in [-0.2, 0) is 4.79 Å². The summed E-state index contributed by atoms with van der Waals surface area (Å²) in [5, 5.41) is 3.66. The van der Waals surface area contributed by atoms with Crippen molar-refractivity contribution in [2.75, 3.05) is 25.5 Å². The molecule has 4 nitrogen and oxygen atoms in total. The summed E-state index contributed by atoms with van der Waals surface area (Å²) in [6.07, 6.45) is 2.88. The maximum absolute atomic E-state index is 11.9. The molecule has 0 aliphatic carbocycles. The van der Waals surface area contributed by atoms with E-state index in [1.165, 1.54) is 4.88 Å². The van der Waals surface area contributed by atoms with Crippen LogP contribution in [0.1, 0.15) is 29.8 Å². The van der Waals surface area contributed by atoms with Crippen LogP contribution in [0.2, 0.25) is 0 Å². The fourth-order valence-corrected chi connectivity index (χ4v) is 3.06. The van der Waals surface area contributed by atoms with E-state index >= 15 is 0 Å². The van der Waals surface area contributed by atoms with Gasteiger partial charge in [0.05, 0.1) is 5.69 Å². The molecule has 0 aromatic carbocycles. The Bertz CT molecular complexity index is 402. The van der Waals surface area contributed by atoms with Crippen molar-refractivity contribution < 1.29 is 4.79 Å². The molecular formula is C13H21N3OS. The van der Waals surface area contributed by atoms with Gasteiger partial charge in [0.1, 0.15) is 0 Å². The zero-order valence-corrected chi connectivity index (χ0v) is 12.1. The number of carbonyl (C=O) groups excluding carboxylic acids is 1. The van der Waals surface area contributed by atoms with Crippen molar-refractivity contribution >= 4 is 22.4 Å². The third-order valence-corrected chi connectivity index (χ3v) is 4.58. The summed E-state index contributed by atoms with van der Waals surface area (Å²) < 4.78 is 0. The number of piperidine rings is 1. The third-order valence-electron chi connectivity index (χ3n) is 3.59. The Kier molecular flexibility index (Phi) is 4.35. The van der Waals surface area contributed by atoms with E-state index in [0.717, 1.165) is 36.8 Å². The Morgan fingerprint density at radius 1 is 1.44 bits per heavy atom. The van der Waals surface area contributed by atoms with Crippen LogP contribution >= 0.6 is 11.3 Å². The van der Waals surface area contributed by atoms with Gasteiger partial charge in [-0.15, -0.1) is 11.3 Å². The van der Waals surface area contributed by atoms with Crippen molar-refractivity contribution in [3.05, 3.63) is 10.6 Å². The standard InChI is InChI=1S/C13H21N3OS/c1-9-10(2)18-13(14-9)15-12(17)8-11-4-6-16(3)7-5-11/h11H,4-8H2,1-3H3,(H,14,15,17). The van der Waals surface area contributed by atoms with Crippen LogP contribution in [0, 0.1) is 19.8 Å². The lowest BCUT2D eigenvalue weighted by Crippen LogP contribution is -2.31. The van der Waals surface area contributed by atoms with Crippen LogP contribution in [0.15, 0.2) is 0 Å². The Morgan fingerprint density at radius 2 is 2.11 bits per heavy atom. The minimum absolute atomic E-state index is 0.110. The highest BCUT2D eigenvalue weighted by Gasteiger charge is 2.20. The average Bonchev–Trinajstić information content (AvgIpc) is 2.61. The first-order valence-electron chi connectivity index (χ1n) is 6.47. The normalized spacial score (nSPS) is 17.9. The largest absolute Gasteiger partial charge is 0.306 e. The van der Waals surface area contributed by atoms with E-state index in [-0.39, 0.29) is 5.91 Å². The number of hydrogen-bond acceptors (Lipinski definition) is 4. The summed E-state index contributed by atoms with van der Waals surface area (Å²) in [5.41, 5.74) is 1.01. The number of amides is 1. The van der Waals surface area contributed by atoms with Crippen LogP contribution in [0.4, 0.5) is 5.13 Å². The van der Waals surface area contributed by atoms with Crippen LogP contribution in [0.5, 0.6) is 0 Å². The zero-order valence-electron chi connectivity index (χ0n) is 11.3. The summed E-state index contributed by atoms with van der Waals surface area (Å²) >= 11 is 1.55. The van der Waals surface area contributed by atoms with E-state index in [0.29, 0.717) is 12.3 Å². The smallest absolute Gasteiger partial charge is 0.226 e. The molecule has 2 rings (SSSR count). The van der Waals surface area contributed by atoms with Crippen molar-refractivity contribution in [1.29, 1.82) is 0 Å². The zero-order chi connectivity index (χ0) is 13.1. The second-order valence-electron chi connectivity index (χ2n) is 5.16. The lowest BCUT2D eigenvalue weighted by atomic mass is 9.93. The molecule has 2 heterocycles. The Balaban J connectivity index is 1.81. The maximum Gasteiger partial charge on any atom is 0.226 e. The van der Waals surface area contributed by atoms with E-state index in [9.17, 15) is 4.79 Å². The van der Waals surface area contributed by atoms with Crippen molar-refractivity contribution in [3.63, 3.8) is 0 Å². The van der Waals surface area contributed by atoms with E-state index in [1.54, 1.807) is 11.3 Å².